The number of methoxy groups -OCH3 is 1. The number of imidazole rings is 1. The quantitative estimate of drug-likeness (QED) is 0.573. The first-order valence-electron chi connectivity index (χ1n) is 9.98. The minimum absolute atomic E-state index is 0.129. The van der Waals surface area contributed by atoms with Gasteiger partial charge in [0.05, 0.1) is 7.11 Å². The van der Waals surface area contributed by atoms with Crippen LogP contribution in [0.25, 0.3) is 11.4 Å². The molecule has 2 aromatic carbocycles. The van der Waals surface area contributed by atoms with Crippen molar-refractivity contribution in [2.75, 3.05) is 7.11 Å². The van der Waals surface area contributed by atoms with E-state index >= 15 is 0 Å². The van der Waals surface area contributed by atoms with Gasteiger partial charge in [-0.1, -0.05) is 37.3 Å². The molecule has 28 heavy (non-hydrogen) atoms. The molecule has 0 spiro atoms. The maximum absolute atomic E-state index is 13.3. The number of carbonyl (C=O) groups excluding carboxylic acids is 1. The Morgan fingerprint density at radius 3 is 2.61 bits per heavy atom. The van der Waals surface area contributed by atoms with E-state index in [0.29, 0.717) is 6.54 Å². The van der Waals surface area contributed by atoms with Gasteiger partial charge in [0.25, 0.3) is 0 Å². The molecule has 4 rings (SSSR count). The maximum atomic E-state index is 13.3. The van der Waals surface area contributed by atoms with Crippen LogP contribution in [0.1, 0.15) is 41.3 Å². The van der Waals surface area contributed by atoms with E-state index < -0.39 is 0 Å². The molecule has 144 valence electrons. The van der Waals surface area contributed by atoms with E-state index in [9.17, 15) is 4.79 Å². The number of ketones is 1. The predicted octanol–water partition coefficient (Wildman–Crippen LogP) is 4.96. The summed E-state index contributed by atoms with van der Waals surface area (Å²) in [6.07, 6.45) is 8.00. The Labute approximate surface area is 166 Å². The molecule has 0 aliphatic heterocycles. The summed E-state index contributed by atoms with van der Waals surface area (Å²) in [6, 6.07) is 14.0. The maximum Gasteiger partial charge on any atom is 0.167 e. The van der Waals surface area contributed by atoms with Crippen LogP contribution in [0, 0.1) is 5.92 Å². The first-order chi connectivity index (χ1) is 13.7. The molecule has 1 atom stereocenters. The molecular formula is C24H26N2O2. The van der Waals surface area contributed by atoms with Gasteiger partial charge < -0.3 is 9.30 Å². The fourth-order valence-electron chi connectivity index (χ4n) is 4.20. The number of rotatable bonds is 6. The predicted molar refractivity (Wildman–Crippen MR) is 111 cm³/mol. The van der Waals surface area contributed by atoms with Crippen LogP contribution in [-0.4, -0.2) is 22.4 Å². The average Bonchev–Trinajstić information content (AvgIpc) is 3.21. The normalized spacial score (nSPS) is 14.4. The molecule has 4 nitrogen and oxygen atoms in total. The number of fused-ring (bicyclic) bond motifs is 1. The third kappa shape index (κ3) is 3.47. The largest absolute Gasteiger partial charge is 0.496 e. The first kappa shape index (κ1) is 18.5. The molecule has 0 bridgehead atoms. The monoisotopic (exact) mass is 374 g/mol. The van der Waals surface area contributed by atoms with Crippen molar-refractivity contribution < 1.29 is 9.53 Å². The van der Waals surface area contributed by atoms with Crippen LogP contribution in [0.3, 0.4) is 0 Å². The molecule has 0 fully saturated rings. The lowest BCUT2D eigenvalue weighted by atomic mass is 9.84. The molecule has 3 aromatic rings. The average molecular weight is 374 g/mol. The SMILES string of the molecule is COc1ccc(C(=O)C(C)Cn2ccnc2-c2ccccc2)c2c1CCCC2. The highest BCUT2D eigenvalue weighted by Gasteiger charge is 2.24. The molecule has 1 heterocycles. The Kier molecular flexibility index (Phi) is 5.29. The highest BCUT2D eigenvalue weighted by Crippen LogP contribution is 2.33. The van der Waals surface area contributed by atoms with Crippen molar-refractivity contribution in [2.45, 2.75) is 39.2 Å². The number of Topliss-reactive ketones (excluding diaryl/α,β-unsaturated/α-hetero) is 1. The number of hydrogen-bond acceptors (Lipinski definition) is 3. The minimum Gasteiger partial charge on any atom is -0.496 e. The molecule has 0 radical (unpaired) electrons. The van der Waals surface area contributed by atoms with Crippen molar-refractivity contribution in [3.63, 3.8) is 0 Å². The van der Waals surface area contributed by atoms with E-state index in [2.05, 4.69) is 9.55 Å². The summed E-state index contributed by atoms with van der Waals surface area (Å²) < 4.78 is 7.61. The molecule has 4 heteroatoms. The highest BCUT2D eigenvalue weighted by molar-refractivity contribution is 5.99. The Morgan fingerprint density at radius 1 is 1.11 bits per heavy atom. The summed E-state index contributed by atoms with van der Waals surface area (Å²) in [5.74, 6) is 1.89. The number of nitrogens with zero attached hydrogens (tertiary/aromatic N) is 2. The second-order valence-corrected chi connectivity index (χ2v) is 7.51. The molecule has 0 saturated heterocycles. The lowest BCUT2D eigenvalue weighted by Gasteiger charge is -2.23. The van der Waals surface area contributed by atoms with Crippen LogP contribution in [0.4, 0.5) is 0 Å². The molecule has 0 N–H and O–H groups in total. The van der Waals surface area contributed by atoms with E-state index in [1.54, 1.807) is 13.3 Å². The zero-order valence-corrected chi connectivity index (χ0v) is 16.5. The summed E-state index contributed by atoms with van der Waals surface area (Å²) in [5, 5.41) is 0. The van der Waals surface area contributed by atoms with E-state index in [1.807, 2.05) is 55.6 Å². The Hall–Kier alpha value is -2.88. The lowest BCUT2D eigenvalue weighted by Crippen LogP contribution is -2.21. The van der Waals surface area contributed by atoms with Crippen LogP contribution < -0.4 is 4.74 Å². The number of ether oxygens (including phenoxy) is 1. The Balaban J connectivity index is 1.60. The van der Waals surface area contributed by atoms with Gasteiger partial charge in [-0.05, 0) is 48.9 Å². The van der Waals surface area contributed by atoms with E-state index in [0.717, 1.165) is 48.4 Å². The van der Waals surface area contributed by atoms with Crippen molar-refractivity contribution >= 4 is 5.78 Å². The molecule has 1 aliphatic carbocycles. The smallest absolute Gasteiger partial charge is 0.167 e. The van der Waals surface area contributed by atoms with E-state index in [-0.39, 0.29) is 11.7 Å². The third-order valence-electron chi connectivity index (χ3n) is 5.64. The Morgan fingerprint density at radius 2 is 1.86 bits per heavy atom. The number of carbonyl (C=O) groups is 1. The highest BCUT2D eigenvalue weighted by atomic mass is 16.5. The standard InChI is InChI=1S/C24H26N2O2/c1-17(16-26-15-14-25-24(26)18-8-4-3-5-9-18)23(27)21-12-13-22(28-2)20-11-7-6-10-19(20)21/h3-5,8-9,12-15,17H,6-7,10-11,16H2,1-2H3. The zero-order chi connectivity index (χ0) is 19.5. The van der Waals surface area contributed by atoms with Crippen LogP contribution >= 0.6 is 0 Å². The molecule has 0 amide bonds. The van der Waals surface area contributed by atoms with Gasteiger partial charge in [-0.15, -0.1) is 0 Å². The third-order valence-corrected chi connectivity index (χ3v) is 5.64. The van der Waals surface area contributed by atoms with Crippen molar-refractivity contribution in [1.29, 1.82) is 0 Å². The van der Waals surface area contributed by atoms with Crippen LogP contribution in [-0.2, 0) is 19.4 Å². The molecule has 0 saturated carbocycles. The van der Waals surface area contributed by atoms with Gasteiger partial charge in [-0.25, -0.2) is 4.98 Å². The summed E-state index contributed by atoms with van der Waals surface area (Å²) >= 11 is 0. The lowest BCUT2D eigenvalue weighted by molar-refractivity contribution is 0.0917. The molecule has 1 unspecified atom stereocenters. The Bertz CT molecular complexity index is 976. The summed E-state index contributed by atoms with van der Waals surface area (Å²) in [5.41, 5.74) is 4.34. The minimum atomic E-state index is -0.129. The molecule has 1 aromatic heterocycles. The van der Waals surface area contributed by atoms with Crippen molar-refractivity contribution in [1.82, 2.24) is 9.55 Å². The van der Waals surface area contributed by atoms with Crippen LogP contribution in [0.2, 0.25) is 0 Å². The van der Waals surface area contributed by atoms with Gasteiger partial charge in [0.1, 0.15) is 11.6 Å². The number of benzene rings is 2. The molecular weight excluding hydrogens is 348 g/mol. The van der Waals surface area contributed by atoms with Crippen LogP contribution in [0.5, 0.6) is 5.75 Å². The van der Waals surface area contributed by atoms with Gasteiger partial charge in [0.15, 0.2) is 5.78 Å². The van der Waals surface area contributed by atoms with E-state index in [1.165, 1.54) is 11.1 Å². The second kappa shape index (κ2) is 8.01. The molecule has 1 aliphatic rings. The number of hydrogen-bond donors (Lipinski definition) is 0. The van der Waals surface area contributed by atoms with E-state index in [4.69, 9.17) is 4.74 Å². The zero-order valence-electron chi connectivity index (χ0n) is 16.5. The fraction of sp³-hybridized carbons (Fsp3) is 0.333. The number of aromatic nitrogens is 2. The van der Waals surface area contributed by atoms with Crippen LogP contribution in [0.15, 0.2) is 54.9 Å². The topological polar surface area (TPSA) is 44.1 Å². The van der Waals surface area contributed by atoms with Crippen molar-refractivity contribution in [3.8, 4) is 17.1 Å². The summed E-state index contributed by atoms with van der Waals surface area (Å²) in [6.45, 7) is 2.63. The van der Waals surface area contributed by atoms with Gasteiger partial charge in [0.2, 0.25) is 0 Å². The van der Waals surface area contributed by atoms with Gasteiger partial charge >= 0.3 is 0 Å². The van der Waals surface area contributed by atoms with Gasteiger partial charge in [-0.3, -0.25) is 4.79 Å². The van der Waals surface area contributed by atoms with Crippen molar-refractivity contribution in [2.24, 2.45) is 5.92 Å². The van der Waals surface area contributed by atoms with Gasteiger partial charge in [0, 0.05) is 36.0 Å². The van der Waals surface area contributed by atoms with Gasteiger partial charge in [-0.2, -0.15) is 0 Å². The summed E-state index contributed by atoms with van der Waals surface area (Å²) in [4.78, 5) is 17.8. The second-order valence-electron chi connectivity index (χ2n) is 7.51. The summed E-state index contributed by atoms with van der Waals surface area (Å²) in [7, 11) is 1.71. The first-order valence-corrected chi connectivity index (χ1v) is 9.98. The van der Waals surface area contributed by atoms with Crippen molar-refractivity contribution in [3.05, 3.63) is 71.5 Å². The fourth-order valence-corrected chi connectivity index (χ4v) is 4.20.